The molecule has 3 aromatic heterocycles. The summed E-state index contributed by atoms with van der Waals surface area (Å²) in [6.07, 6.45) is 6.94. The molecule has 8 nitrogen and oxygen atoms in total. The smallest absolute Gasteiger partial charge is 0.251 e. The zero-order valence-electron chi connectivity index (χ0n) is 18.8. The lowest BCUT2D eigenvalue weighted by Gasteiger charge is -2.45. The van der Waals surface area contributed by atoms with Crippen LogP contribution < -0.4 is 10.1 Å². The van der Waals surface area contributed by atoms with Crippen LogP contribution in [-0.4, -0.2) is 67.7 Å². The number of aromatic nitrogens is 5. The maximum absolute atomic E-state index is 13.2. The second kappa shape index (κ2) is 8.12. The van der Waals surface area contributed by atoms with E-state index in [9.17, 15) is 8.78 Å². The first kappa shape index (κ1) is 21.2. The number of alkyl halides is 2. The molecular formula is C24H25F2N7O. The van der Waals surface area contributed by atoms with Gasteiger partial charge in [-0.25, -0.2) is 13.3 Å². The molecule has 1 N–H and O–H groups in total. The quantitative estimate of drug-likeness (QED) is 0.477. The topological polar surface area (TPSA) is 80.5 Å². The molecule has 1 aliphatic carbocycles. The third kappa shape index (κ3) is 3.81. The average Bonchev–Trinajstić information content (AvgIpc) is 3.26. The van der Waals surface area contributed by atoms with Crippen LogP contribution in [0.3, 0.4) is 0 Å². The van der Waals surface area contributed by atoms with E-state index in [4.69, 9.17) is 4.74 Å². The molecule has 0 radical (unpaired) electrons. The molecule has 6 rings (SSSR count). The molecule has 4 heterocycles. The molecule has 1 saturated heterocycles. The second-order valence-electron chi connectivity index (χ2n) is 9.10. The van der Waals surface area contributed by atoms with Gasteiger partial charge >= 0.3 is 0 Å². The van der Waals surface area contributed by atoms with Crippen molar-refractivity contribution in [2.45, 2.75) is 43.7 Å². The molecule has 1 aliphatic heterocycles. The van der Waals surface area contributed by atoms with Crippen molar-refractivity contribution < 1.29 is 13.5 Å². The predicted octanol–water partition coefficient (Wildman–Crippen LogP) is 4.02. The summed E-state index contributed by atoms with van der Waals surface area (Å²) in [7, 11) is 1.60. The van der Waals surface area contributed by atoms with E-state index in [0.29, 0.717) is 11.8 Å². The molecule has 2 aliphatic rings. The summed E-state index contributed by atoms with van der Waals surface area (Å²) < 4.78 is 33.8. The first-order chi connectivity index (χ1) is 16.5. The molecule has 10 heteroatoms. The summed E-state index contributed by atoms with van der Waals surface area (Å²) in [4.78, 5) is 15.6. The van der Waals surface area contributed by atoms with Crippen molar-refractivity contribution in [1.29, 1.82) is 0 Å². The number of nitrogens with one attached hydrogen (secondary N) is 1. The van der Waals surface area contributed by atoms with Gasteiger partial charge < -0.3 is 10.1 Å². The summed E-state index contributed by atoms with van der Waals surface area (Å²) in [6.45, 7) is 1.60. The highest BCUT2D eigenvalue weighted by Crippen LogP contribution is 2.41. The summed E-state index contributed by atoms with van der Waals surface area (Å²) in [5.74, 6) is -1.51. The van der Waals surface area contributed by atoms with Gasteiger partial charge in [0, 0.05) is 62.2 Å². The van der Waals surface area contributed by atoms with Crippen LogP contribution in [0.5, 0.6) is 5.88 Å². The van der Waals surface area contributed by atoms with Gasteiger partial charge in [-0.15, -0.1) is 5.10 Å². The van der Waals surface area contributed by atoms with Gasteiger partial charge in [0.2, 0.25) is 11.8 Å². The molecule has 0 atom stereocenters. The van der Waals surface area contributed by atoms with Crippen LogP contribution >= 0.6 is 0 Å². The summed E-state index contributed by atoms with van der Waals surface area (Å²) in [5, 5.41) is 8.08. The van der Waals surface area contributed by atoms with Gasteiger partial charge in [-0.05, 0) is 36.6 Å². The van der Waals surface area contributed by atoms with Crippen molar-refractivity contribution in [1.82, 2.24) is 29.5 Å². The lowest BCUT2D eigenvalue weighted by Crippen LogP contribution is -2.54. The molecule has 1 aromatic carbocycles. The third-order valence-corrected chi connectivity index (χ3v) is 6.90. The van der Waals surface area contributed by atoms with Crippen LogP contribution in [0.4, 0.5) is 14.7 Å². The highest BCUT2D eigenvalue weighted by atomic mass is 19.3. The number of nitrogens with zero attached hydrogens (tertiary/aromatic N) is 6. The molecule has 34 heavy (non-hydrogen) atoms. The number of anilines is 1. The zero-order chi connectivity index (χ0) is 23.3. The van der Waals surface area contributed by atoms with Gasteiger partial charge in [-0.3, -0.25) is 14.9 Å². The van der Waals surface area contributed by atoms with Crippen molar-refractivity contribution in [3.63, 3.8) is 0 Å². The van der Waals surface area contributed by atoms with E-state index in [-0.39, 0.29) is 24.9 Å². The van der Waals surface area contributed by atoms with Gasteiger partial charge in [0.1, 0.15) is 5.52 Å². The monoisotopic (exact) mass is 465 g/mol. The second-order valence-corrected chi connectivity index (χ2v) is 9.10. The maximum Gasteiger partial charge on any atom is 0.251 e. The van der Waals surface area contributed by atoms with Crippen molar-refractivity contribution in [3.8, 4) is 17.0 Å². The Bertz CT molecular complexity index is 1340. The number of ether oxygens (including phenoxy) is 1. The third-order valence-electron chi connectivity index (χ3n) is 6.90. The molecule has 176 valence electrons. The average molecular weight is 466 g/mol. The molecule has 0 spiro atoms. The fourth-order valence-electron chi connectivity index (χ4n) is 5.04. The number of benzene rings is 1. The SMILES string of the molecule is COc1nc(NC2CCN(C3CC(F)(F)C3)CC2)nn2ccc(-c3ccc4nccnc4c3)c12. The molecule has 0 bridgehead atoms. The van der Waals surface area contributed by atoms with E-state index in [0.717, 1.165) is 53.6 Å². The summed E-state index contributed by atoms with van der Waals surface area (Å²) in [5.41, 5.74) is 4.35. The van der Waals surface area contributed by atoms with Crippen LogP contribution in [-0.2, 0) is 0 Å². The Balaban J connectivity index is 1.21. The first-order valence-electron chi connectivity index (χ1n) is 11.5. The van der Waals surface area contributed by atoms with Crippen LogP contribution in [0.2, 0.25) is 0 Å². The molecule has 4 aromatic rings. The fraction of sp³-hybridized carbons (Fsp3) is 0.417. The van der Waals surface area contributed by atoms with Crippen molar-refractivity contribution >= 4 is 22.5 Å². The largest absolute Gasteiger partial charge is 0.479 e. The minimum atomic E-state index is -2.48. The highest BCUT2D eigenvalue weighted by molar-refractivity contribution is 5.89. The molecular weight excluding hydrogens is 440 g/mol. The van der Waals surface area contributed by atoms with Crippen LogP contribution in [0.1, 0.15) is 25.7 Å². The van der Waals surface area contributed by atoms with Crippen molar-refractivity contribution in [3.05, 3.63) is 42.9 Å². The number of rotatable bonds is 5. The van der Waals surface area contributed by atoms with E-state index >= 15 is 0 Å². The number of hydrogen-bond donors (Lipinski definition) is 1. The van der Waals surface area contributed by atoms with Crippen molar-refractivity contribution in [2.24, 2.45) is 0 Å². The number of hydrogen-bond acceptors (Lipinski definition) is 7. The minimum Gasteiger partial charge on any atom is -0.479 e. The number of likely N-dealkylation sites (tertiary alicyclic amines) is 1. The standard InChI is InChI=1S/C24H25F2N7O/c1-34-22-21-18(15-2-3-19-20(12-15)28-8-7-27-19)6-11-33(21)31-23(30-22)29-16-4-9-32(10-5-16)17-13-24(25,26)14-17/h2-3,6-8,11-12,16-17H,4-5,9-10,13-14H2,1H3,(H,29,31). The number of fused-ring (bicyclic) bond motifs is 2. The molecule has 0 unspecified atom stereocenters. The minimum absolute atomic E-state index is 0.0121. The highest BCUT2D eigenvalue weighted by Gasteiger charge is 2.48. The van der Waals surface area contributed by atoms with Crippen LogP contribution in [0.15, 0.2) is 42.9 Å². The summed E-state index contributed by atoms with van der Waals surface area (Å²) >= 11 is 0. The van der Waals surface area contributed by atoms with E-state index in [2.05, 4.69) is 30.3 Å². The van der Waals surface area contributed by atoms with Crippen LogP contribution in [0.25, 0.3) is 27.7 Å². The number of halogens is 2. The number of methoxy groups -OCH3 is 1. The maximum atomic E-state index is 13.2. The Hall–Kier alpha value is -3.40. The first-order valence-corrected chi connectivity index (χ1v) is 11.5. The lowest BCUT2D eigenvalue weighted by atomic mass is 9.85. The summed E-state index contributed by atoms with van der Waals surface area (Å²) in [6, 6.07) is 8.14. The van der Waals surface area contributed by atoms with Gasteiger partial charge in [-0.1, -0.05) is 6.07 Å². The van der Waals surface area contributed by atoms with Crippen molar-refractivity contribution in [2.75, 3.05) is 25.5 Å². The normalized spacial score (nSPS) is 19.4. The van der Waals surface area contributed by atoms with E-state index < -0.39 is 5.92 Å². The van der Waals surface area contributed by atoms with E-state index in [1.54, 1.807) is 24.0 Å². The fourth-order valence-corrected chi connectivity index (χ4v) is 5.04. The van der Waals surface area contributed by atoms with Gasteiger partial charge in [0.25, 0.3) is 5.92 Å². The van der Waals surface area contributed by atoms with Gasteiger partial charge in [0.15, 0.2) is 0 Å². The Labute approximate surface area is 195 Å². The molecule has 2 fully saturated rings. The lowest BCUT2D eigenvalue weighted by molar-refractivity contribution is -0.127. The Morgan fingerprint density at radius 3 is 2.56 bits per heavy atom. The Kier molecular flexibility index (Phi) is 5.05. The van der Waals surface area contributed by atoms with Gasteiger partial charge in [0.05, 0.1) is 18.1 Å². The molecule has 0 amide bonds. The van der Waals surface area contributed by atoms with Gasteiger partial charge in [-0.2, -0.15) is 4.98 Å². The molecule has 1 saturated carbocycles. The van der Waals surface area contributed by atoms with E-state index in [1.807, 2.05) is 30.5 Å². The van der Waals surface area contributed by atoms with E-state index in [1.165, 1.54) is 0 Å². The Morgan fingerprint density at radius 1 is 1.06 bits per heavy atom. The predicted molar refractivity (Wildman–Crippen MR) is 124 cm³/mol. The Morgan fingerprint density at radius 2 is 1.82 bits per heavy atom. The van der Waals surface area contributed by atoms with Crippen LogP contribution in [0, 0.1) is 0 Å². The number of piperidine rings is 1. The zero-order valence-corrected chi connectivity index (χ0v) is 18.8.